The van der Waals surface area contributed by atoms with E-state index in [1.165, 1.54) is 18.3 Å². The third kappa shape index (κ3) is 3.53. The number of phenolic OH excluding ortho intramolecular Hbond substituents is 1. The first-order valence-electron chi connectivity index (χ1n) is 5.55. The smallest absolute Gasteiger partial charge is 0.271 e. The summed E-state index contributed by atoms with van der Waals surface area (Å²) >= 11 is 14.9. The van der Waals surface area contributed by atoms with Crippen LogP contribution in [0.3, 0.4) is 0 Å². The van der Waals surface area contributed by atoms with Crippen molar-refractivity contribution >= 4 is 56.7 Å². The van der Waals surface area contributed by atoms with Crippen LogP contribution in [0.1, 0.15) is 5.56 Å². The number of nitrogens with zero attached hydrogens (tertiary/aromatic N) is 2. The first kappa shape index (κ1) is 15.8. The monoisotopic (exact) mass is 388 g/mol. The molecule has 1 N–H and O–H groups in total. The van der Waals surface area contributed by atoms with Gasteiger partial charge in [-0.05, 0) is 28.1 Å². The van der Waals surface area contributed by atoms with Gasteiger partial charge in [-0.15, -0.1) is 0 Å². The Hall–Kier alpha value is -1.63. The molecule has 0 heterocycles. The molecule has 0 spiro atoms. The molecular formula is C13H7BrCl2N2O3. The van der Waals surface area contributed by atoms with Crippen molar-refractivity contribution in [2.24, 2.45) is 4.99 Å². The molecule has 0 atom stereocenters. The molecule has 2 aromatic carbocycles. The van der Waals surface area contributed by atoms with E-state index in [-0.39, 0.29) is 26.5 Å². The van der Waals surface area contributed by atoms with Gasteiger partial charge in [0, 0.05) is 23.9 Å². The van der Waals surface area contributed by atoms with Crippen LogP contribution in [0.5, 0.6) is 5.75 Å². The highest BCUT2D eigenvalue weighted by atomic mass is 79.9. The third-order valence-electron chi connectivity index (χ3n) is 2.56. The maximum atomic E-state index is 10.8. The SMILES string of the molecule is O=[N+]([O-])c1cc(Br)c(O)c(C=Nc2cccc(Cl)c2Cl)c1. The van der Waals surface area contributed by atoms with Crippen LogP contribution in [-0.4, -0.2) is 16.2 Å². The molecule has 0 unspecified atom stereocenters. The summed E-state index contributed by atoms with van der Waals surface area (Å²) in [5, 5.41) is 21.3. The Bertz CT molecular complexity index is 750. The van der Waals surface area contributed by atoms with Gasteiger partial charge in [0.1, 0.15) is 5.75 Å². The largest absolute Gasteiger partial charge is 0.506 e. The molecule has 2 rings (SSSR count). The predicted molar refractivity (Wildman–Crippen MR) is 86.2 cm³/mol. The number of hydrogen-bond donors (Lipinski definition) is 1. The number of phenols is 1. The lowest BCUT2D eigenvalue weighted by molar-refractivity contribution is -0.385. The molecule has 2 aromatic rings. The van der Waals surface area contributed by atoms with Gasteiger partial charge in [0.25, 0.3) is 5.69 Å². The quantitative estimate of drug-likeness (QED) is 0.449. The van der Waals surface area contributed by atoms with E-state index in [0.717, 1.165) is 0 Å². The fraction of sp³-hybridized carbons (Fsp3) is 0. The summed E-state index contributed by atoms with van der Waals surface area (Å²) in [6.07, 6.45) is 1.28. The lowest BCUT2D eigenvalue weighted by Crippen LogP contribution is -1.91. The highest BCUT2D eigenvalue weighted by molar-refractivity contribution is 9.10. The van der Waals surface area contributed by atoms with Gasteiger partial charge < -0.3 is 5.11 Å². The molecule has 0 aliphatic heterocycles. The first-order valence-corrected chi connectivity index (χ1v) is 7.10. The molecule has 21 heavy (non-hydrogen) atoms. The van der Waals surface area contributed by atoms with Gasteiger partial charge in [0.15, 0.2) is 0 Å². The minimum Gasteiger partial charge on any atom is -0.506 e. The minimum atomic E-state index is -0.562. The molecule has 0 aromatic heterocycles. The van der Waals surface area contributed by atoms with Gasteiger partial charge in [0.2, 0.25) is 0 Å². The molecule has 5 nitrogen and oxygen atoms in total. The van der Waals surface area contributed by atoms with Gasteiger partial charge in [0.05, 0.1) is 25.1 Å². The number of non-ortho nitro benzene ring substituents is 1. The lowest BCUT2D eigenvalue weighted by Gasteiger charge is -2.03. The highest BCUT2D eigenvalue weighted by Gasteiger charge is 2.13. The van der Waals surface area contributed by atoms with Crippen molar-refractivity contribution in [2.75, 3.05) is 0 Å². The molecule has 0 fully saturated rings. The van der Waals surface area contributed by atoms with Crippen LogP contribution < -0.4 is 0 Å². The number of hydrogen-bond acceptors (Lipinski definition) is 4. The van der Waals surface area contributed by atoms with E-state index in [1.54, 1.807) is 18.2 Å². The zero-order chi connectivity index (χ0) is 15.6. The average molecular weight is 390 g/mol. The number of halogens is 3. The van der Waals surface area contributed by atoms with Gasteiger partial charge in [-0.25, -0.2) is 0 Å². The number of nitro groups is 1. The molecule has 0 aliphatic rings. The van der Waals surface area contributed by atoms with Crippen LogP contribution in [0.4, 0.5) is 11.4 Å². The van der Waals surface area contributed by atoms with Gasteiger partial charge in [-0.2, -0.15) is 0 Å². The second-order valence-electron chi connectivity index (χ2n) is 3.95. The van der Waals surface area contributed by atoms with Gasteiger partial charge in [-0.3, -0.25) is 15.1 Å². The van der Waals surface area contributed by atoms with Crippen LogP contribution in [0.25, 0.3) is 0 Å². The Labute approximate surface area is 138 Å². The van der Waals surface area contributed by atoms with Crippen LogP contribution in [-0.2, 0) is 0 Å². The van der Waals surface area contributed by atoms with E-state index in [1.807, 2.05) is 0 Å². The topological polar surface area (TPSA) is 75.7 Å². The number of aliphatic imine (C=N–C) groups is 1. The fourth-order valence-corrected chi connectivity index (χ4v) is 2.35. The highest BCUT2D eigenvalue weighted by Crippen LogP contribution is 2.34. The summed E-state index contributed by atoms with van der Waals surface area (Å²) in [6.45, 7) is 0. The van der Waals surface area contributed by atoms with Crippen molar-refractivity contribution in [3.63, 3.8) is 0 Å². The van der Waals surface area contributed by atoms with Crippen LogP contribution in [0.2, 0.25) is 10.0 Å². The molecule has 0 aliphatic carbocycles. The number of benzene rings is 2. The standard InChI is InChI=1S/C13H7BrCl2N2O3/c14-9-5-8(18(20)21)4-7(13(9)19)6-17-11-3-1-2-10(15)12(11)16/h1-6,19H. The van der Waals surface area contributed by atoms with Crippen molar-refractivity contribution in [1.29, 1.82) is 0 Å². The van der Waals surface area contributed by atoms with E-state index in [4.69, 9.17) is 23.2 Å². The number of nitro benzene ring substituents is 1. The van der Waals surface area contributed by atoms with Crippen LogP contribution >= 0.6 is 39.1 Å². The average Bonchev–Trinajstić information content (AvgIpc) is 2.44. The molecule has 0 saturated heterocycles. The molecule has 108 valence electrons. The summed E-state index contributed by atoms with van der Waals surface area (Å²) < 4.78 is 0.204. The summed E-state index contributed by atoms with van der Waals surface area (Å²) in [4.78, 5) is 14.3. The maximum absolute atomic E-state index is 10.8. The van der Waals surface area contributed by atoms with Crippen molar-refractivity contribution in [1.82, 2.24) is 0 Å². The predicted octanol–water partition coefficient (Wildman–Crippen LogP) is 5.12. The molecule has 0 amide bonds. The van der Waals surface area contributed by atoms with Crippen molar-refractivity contribution < 1.29 is 10.0 Å². The van der Waals surface area contributed by atoms with Crippen molar-refractivity contribution in [2.45, 2.75) is 0 Å². The van der Waals surface area contributed by atoms with Crippen molar-refractivity contribution in [3.05, 3.63) is 60.5 Å². The molecule has 0 saturated carbocycles. The summed E-state index contributed by atoms with van der Waals surface area (Å²) in [5.74, 6) is -0.150. The molecular weight excluding hydrogens is 383 g/mol. The van der Waals surface area contributed by atoms with Crippen LogP contribution in [0.15, 0.2) is 39.8 Å². The maximum Gasteiger partial charge on any atom is 0.271 e. The Morgan fingerprint density at radius 2 is 2.05 bits per heavy atom. The number of aromatic hydroxyl groups is 1. The molecule has 8 heteroatoms. The van der Waals surface area contributed by atoms with E-state index in [9.17, 15) is 15.2 Å². The third-order valence-corrected chi connectivity index (χ3v) is 3.98. The normalized spacial score (nSPS) is 11.0. The Kier molecular flexibility index (Phi) is 4.82. The lowest BCUT2D eigenvalue weighted by atomic mass is 10.2. The minimum absolute atomic E-state index is 0.150. The zero-order valence-electron chi connectivity index (χ0n) is 10.3. The van der Waals surface area contributed by atoms with E-state index < -0.39 is 4.92 Å². The van der Waals surface area contributed by atoms with Crippen LogP contribution in [0, 0.1) is 10.1 Å². The van der Waals surface area contributed by atoms with Crippen molar-refractivity contribution in [3.8, 4) is 5.75 Å². The van der Waals surface area contributed by atoms with E-state index >= 15 is 0 Å². The summed E-state index contributed by atoms with van der Waals surface area (Å²) in [7, 11) is 0. The first-order chi connectivity index (χ1) is 9.90. The van der Waals surface area contributed by atoms with Gasteiger partial charge >= 0.3 is 0 Å². The Morgan fingerprint density at radius 1 is 1.33 bits per heavy atom. The summed E-state index contributed by atoms with van der Waals surface area (Å²) in [5.41, 5.74) is 0.414. The molecule has 0 bridgehead atoms. The Morgan fingerprint density at radius 3 is 2.71 bits per heavy atom. The molecule has 0 radical (unpaired) electrons. The zero-order valence-corrected chi connectivity index (χ0v) is 13.4. The van der Waals surface area contributed by atoms with E-state index in [2.05, 4.69) is 20.9 Å². The second kappa shape index (κ2) is 6.43. The number of rotatable bonds is 3. The van der Waals surface area contributed by atoms with Gasteiger partial charge in [-0.1, -0.05) is 29.3 Å². The fourth-order valence-electron chi connectivity index (χ4n) is 1.54. The Balaban J connectivity index is 2.45. The van der Waals surface area contributed by atoms with E-state index in [0.29, 0.717) is 10.7 Å². The second-order valence-corrected chi connectivity index (χ2v) is 5.59. The summed E-state index contributed by atoms with van der Waals surface area (Å²) in [6, 6.07) is 7.34.